The number of rotatable bonds is 5. The second kappa shape index (κ2) is 5.44. The Labute approximate surface area is 120 Å². The molecule has 0 saturated heterocycles. The molecule has 0 atom stereocenters. The molecule has 3 rings (SSSR count). The van der Waals surface area contributed by atoms with E-state index < -0.39 is 10.2 Å². The zero-order valence-electron chi connectivity index (χ0n) is 11.4. The van der Waals surface area contributed by atoms with Gasteiger partial charge in [-0.3, -0.25) is 0 Å². The van der Waals surface area contributed by atoms with E-state index in [1.165, 1.54) is 9.87 Å². The molecule has 1 aromatic carbocycles. The van der Waals surface area contributed by atoms with Crippen LogP contribution in [0.15, 0.2) is 24.3 Å². The van der Waals surface area contributed by atoms with Crippen LogP contribution in [0.2, 0.25) is 0 Å². The molecule has 1 aliphatic heterocycles. The van der Waals surface area contributed by atoms with Crippen LogP contribution in [0.25, 0.3) is 0 Å². The molecule has 110 valence electrons. The van der Waals surface area contributed by atoms with Crippen LogP contribution < -0.4 is 0 Å². The highest BCUT2D eigenvalue weighted by molar-refractivity contribution is 7.86. The fourth-order valence-electron chi connectivity index (χ4n) is 2.76. The van der Waals surface area contributed by atoms with E-state index in [0.717, 1.165) is 24.8 Å². The van der Waals surface area contributed by atoms with Crippen LogP contribution in [0.3, 0.4) is 0 Å². The van der Waals surface area contributed by atoms with E-state index in [2.05, 4.69) is 6.07 Å². The summed E-state index contributed by atoms with van der Waals surface area (Å²) in [5.41, 5.74) is 2.32. The van der Waals surface area contributed by atoms with Crippen molar-refractivity contribution in [3.63, 3.8) is 0 Å². The molecule has 6 heteroatoms. The Hall–Kier alpha value is -0.950. The van der Waals surface area contributed by atoms with Crippen LogP contribution in [-0.2, 0) is 23.2 Å². The molecule has 0 unspecified atom stereocenters. The summed E-state index contributed by atoms with van der Waals surface area (Å²) in [6, 6.07) is 8.08. The lowest BCUT2D eigenvalue weighted by atomic mass is 10.0. The molecule has 1 saturated carbocycles. The Bertz CT molecular complexity index is 584. The maximum absolute atomic E-state index is 12.7. The van der Waals surface area contributed by atoms with Crippen LogP contribution in [-0.4, -0.2) is 47.9 Å². The topological polar surface area (TPSA) is 60.9 Å². The Balaban J connectivity index is 1.82. The normalized spacial score (nSPS) is 20.1. The Kier molecular flexibility index (Phi) is 3.81. The van der Waals surface area contributed by atoms with E-state index in [9.17, 15) is 8.42 Å². The first-order chi connectivity index (χ1) is 9.63. The summed E-state index contributed by atoms with van der Waals surface area (Å²) in [6.45, 7) is 1.03. The fourth-order valence-corrected chi connectivity index (χ4v) is 4.58. The average molecular weight is 296 g/mol. The predicted molar refractivity (Wildman–Crippen MR) is 76.3 cm³/mol. The van der Waals surface area contributed by atoms with Crippen molar-refractivity contribution in [3.8, 4) is 0 Å². The van der Waals surface area contributed by atoms with Gasteiger partial charge < -0.3 is 5.11 Å². The van der Waals surface area contributed by atoms with Gasteiger partial charge in [-0.2, -0.15) is 17.0 Å². The highest BCUT2D eigenvalue weighted by atomic mass is 32.2. The first kappa shape index (κ1) is 14.0. The molecule has 1 aromatic rings. The van der Waals surface area contributed by atoms with Crippen LogP contribution in [0.1, 0.15) is 24.0 Å². The van der Waals surface area contributed by atoms with Crippen LogP contribution in [0.5, 0.6) is 0 Å². The highest BCUT2D eigenvalue weighted by Gasteiger charge is 2.40. The molecule has 1 N–H and O–H groups in total. The van der Waals surface area contributed by atoms with E-state index in [-0.39, 0.29) is 19.2 Å². The molecule has 1 fully saturated rings. The molecular formula is C14H20N2O3S. The molecular weight excluding hydrogens is 276 g/mol. The number of aliphatic hydroxyl groups excluding tert-OH is 1. The van der Waals surface area contributed by atoms with Gasteiger partial charge in [0.15, 0.2) is 0 Å². The summed E-state index contributed by atoms with van der Waals surface area (Å²) in [5, 5.41) is 9.11. The minimum Gasteiger partial charge on any atom is -0.395 e. The second-order valence-electron chi connectivity index (χ2n) is 5.43. The van der Waals surface area contributed by atoms with Crippen molar-refractivity contribution in [2.24, 2.45) is 0 Å². The number of hydrogen-bond donors (Lipinski definition) is 1. The van der Waals surface area contributed by atoms with E-state index in [1.807, 2.05) is 18.2 Å². The number of hydrogen-bond acceptors (Lipinski definition) is 3. The number of aliphatic hydroxyl groups is 1. The molecule has 0 amide bonds. The van der Waals surface area contributed by atoms with Gasteiger partial charge in [-0.05, 0) is 30.4 Å². The van der Waals surface area contributed by atoms with Crippen LogP contribution >= 0.6 is 0 Å². The van der Waals surface area contributed by atoms with Gasteiger partial charge in [0.05, 0.1) is 6.61 Å². The van der Waals surface area contributed by atoms with Crippen LogP contribution in [0.4, 0.5) is 0 Å². The van der Waals surface area contributed by atoms with Gasteiger partial charge in [0.2, 0.25) is 0 Å². The number of nitrogens with zero attached hydrogens (tertiary/aromatic N) is 2. The lowest BCUT2D eigenvalue weighted by Gasteiger charge is -2.33. The summed E-state index contributed by atoms with van der Waals surface area (Å²) < 4.78 is 28.4. The third-order valence-corrected chi connectivity index (χ3v) is 6.03. The van der Waals surface area contributed by atoms with Gasteiger partial charge in [0, 0.05) is 25.7 Å². The molecule has 0 aromatic heterocycles. The number of benzene rings is 1. The first-order valence-electron chi connectivity index (χ1n) is 7.07. The van der Waals surface area contributed by atoms with Crippen molar-refractivity contribution in [1.29, 1.82) is 0 Å². The third kappa shape index (κ3) is 2.61. The second-order valence-corrected chi connectivity index (χ2v) is 7.31. The Morgan fingerprint density at radius 3 is 2.60 bits per heavy atom. The lowest BCUT2D eigenvalue weighted by molar-refractivity contribution is 0.238. The molecule has 0 bridgehead atoms. The van der Waals surface area contributed by atoms with E-state index in [0.29, 0.717) is 13.1 Å². The van der Waals surface area contributed by atoms with Gasteiger partial charge in [-0.25, -0.2) is 0 Å². The summed E-state index contributed by atoms with van der Waals surface area (Å²) >= 11 is 0. The molecule has 0 spiro atoms. The summed E-state index contributed by atoms with van der Waals surface area (Å²) in [7, 11) is -3.46. The minimum atomic E-state index is -3.46. The monoisotopic (exact) mass is 296 g/mol. The summed E-state index contributed by atoms with van der Waals surface area (Å²) in [5.74, 6) is 0. The van der Waals surface area contributed by atoms with E-state index in [4.69, 9.17) is 5.11 Å². The molecule has 0 radical (unpaired) electrons. The van der Waals surface area contributed by atoms with Crippen molar-refractivity contribution < 1.29 is 13.5 Å². The predicted octanol–water partition coefficient (Wildman–Crippen LogP) is 0.746. The standard InChI is InChI=1S/C14H20N2O3S/c17-10-9-16(14-5-6-14)20(18,19)15-8-7-12-3-1-2-4-13(12)11-15/h1-4,14,17H,5-11H2. The fraction of sp³-hybridized carbons (Fsp3) is 0.571. The summed E-state index contributed by atoms with van der Waals surface area (Å²) in [4.78, 5) is 0. The van der Waals surface area contributed by atoms with Gasteiger partial charge >= 0.3 is 0 Å². The van der Waals surface area contributed by atoms with Crippen molar-refractivity contribution in [3.05, 3.63) is 35.4 Å². The Morgan fingerprint density at radius 2 is 1.95 bits per heavy atom. The molecule has 5 nitrogen and oxygen atoms in total. The zero-order chi connectivity index (χ0) is 14.2. The Morgan fingerprint density at radius 1 is 1.25 bits per heavy atom. The van der Waals surface area contributed by atoms with Crippen molar-refractivity contribution >= 4 is 10.2 Å². The largest absolute Gasteiger partial charge is 0.395 e. The molecule has 1 aliphatic carbocycles. The van der Waals surface area contributed by atoms with Crippen molar-refractivity contribution in [1.82, 2.24) is 8.61 Å². The first-order valence-corrected chi connectivity index (χ1v) is 8.47. The smallest absolute Gasteiger partial charge is 0.282 e. The van der Waals surface area contributed by atoms with Gasteiger partial charge in [0.25, 0.3) is 10.2 Å². The lowest BCUT2D eigenvalue weighted by Crippen LogP contribution is -2.47. The van der Waals surface area contributed by atoms with Gasteiger partial charge in [0.1, 0.15) is 0 Å². The SMILES string of the molecule is O=S(=O)(N1CCc2ccccc2C1)N(CCO)C1CC1. The van der Waals surface area contributed by atoms with E-state index in [1.54, 1.807) is 4.31 Å². The van der Waals surface area contributed by atoms with Crippen molar-refractivity contribution in [2.75, 3.05) is 19.7 Å². The van der Waals surface area contributed by atoms with Gasteiger partial charge in [-0.1, -0.05) is 24.3 Å². The van der Waals surface area contributed by atoms with Gasteiger partial charge in [-0.15, -0.1) is 0 Å². The average Bonchev–Trinajstić information content (AvgIpc) is 3.28. The molecule has 2 aliphatic rings. The minimum absolute atomic E-state index is 0.0873. The summed E-state index contributed by atoms with van der Waals surface area (Å²) in [6.07, 6.45) is 2.57. The maximum atomic E-state index is 12.7. The quantitative estimate of drug-likeness (QED) is 0.872. The van der Waals surface area contributed by atoms with Crippen molar-refractivity contribution in [2.45, 2.75) is 31.8 Å². The molecule has 20 heavy (non-hydrogen) atoms. The van der Waals surface area contributed by atoms with Crippen LogP contribution in [0, 0.1) is 0 Å². The number of fused-ring (bicyclic) bond motifs is 1. The third-order valence-electron chi connectivity index (χ3n) is 3.99. The van der Waals surface area contributed by atoms with E-state index >= 15 is 0 Å². The zero-order valence-corrected chi connectivity index (χ0v) is 12.2. The molecule has 1 heterocycles. The highest BCUT2D eigenvalue weighted by Crippen LogP contribution is 2.31. The maximum Gasteiger partial charge on any atom is 0.282 e.